The molecule has 7 heteroatoms. The predicted octanol–water partition coefficient (Wildman–Crippen LogP) is 4.72. The molecule has 0 N–H and O–H groups in total. The normalized spacial score (nSPS) is 13.5. The summed E-state index contributed by atoms with van der Waals surface area (Å²) in [4.78, 5) is 12.6. The molecular weight excluding hydrogens is 347 g/mol. The molecule has 0 aliphatic carbocycles. The third-order valence-corrected chi connectivity index (χ3v) is 4.67. The number of fused-ring (bicyclic) bond motifs is 1. The summed E-state index contributed by atoms with van der Waals surface area (Å²) in [5.41, 5.74) is 0.812. The summed E-state index contributed by atoms with van der Waals surface area (Å²) >= 11 is 18.7. The zero-order valence-corrected chi connectivity index (χ0v) is 13.6. The van der Waals surface area contributed by atoms with E-state index in [-0.39, 0.29) is 13.0 Å². The molecular formula is C15H17Cl3N2O2. The quantitative estimate of drug-likeness (QED) is 0.774. The van der Waals surface area contributed by atoms with Crippen LogP contribution in [-0.2, 0) is 13.1 Å². The number of methoxy groups -OCH3 is 1. The number of hydrogen-bond donors (Lipinski definition) is 0. The molecule has 1 aliphatic heterocycles. The van der Waals surface area contributed by atoms with Crippen LogP contribution < -0.4 is 10.3 Å². The Labute approximate surface area is 144 Å². The molecule has 22 heavy (non-hydrogen) atoms. The Morgan fingerprint density at radius 2 is 1.68 bits per heavy atom. The summed E-state index contributed by atoms with van der Waals surface area (Å²) in [6.07, 6.45) is 1.97. The Hall–Kier alpha value is -1.10. The number of hydrogen-bond acceptors (Lipinski definition) is 2. The summed E-state index contributed by atoms with van der Waals surface area (Å²) < 4.78 is 8.67. The first-order valence-electron chi connectivity index (χ1n) is 6.57. The summed E-state index contributed by atoms with van der Waals surface area (Å²) in [7, 11) is 1.51. The van der Waals surface area contributed by atoms with Crippen molar-refractivity contribution in [1.29, 1.82) is 0 Å². The van der Waals surface area contributed by atoms with E-state index in [0.29, 0.717) is 38.6 Å². The van der Waals surface area contributed by atoms with Crippen molar-refractivity contribution in [3.63, 3.8) is 0 Å². The van der Waals surface area contributed by atoms with Gasteiger partial charge in [-0.25, -0.2) is 4.68 Å². The average Bonchev–Trinajstić information content (AvgIpc) is 2.72. The number of nitrogens with zero attached hydrogens (tertiary/aromatic N) is 2. The van der Waals surface area contributed by atoms with E-state index in [1.807, 2.05) is 0 Å². The molecule has 0 saturated heterocycles. The molecule has 120 valence electrons. The van der Waals surface area contributed by atoms with Crippen LogP contribution in [0.15, 0.2) is 16.9 Å². The van der Waals surface area contributed by atoms with E-state index in [4.69, 9.17) is 39.5 Å². The third-order valence-electron chi connectivity index (χ3n) is 3.67. The molecule has 2 aromatic rings. The SMILES string of the molecule is C.COc1cc(-c2c(Cl)n3n(c2=O)CCCC3)c(Cl)cc1Cl. The van der Waals surface area contributed by atoms with E-state index < -0.39 is 0 Å². The fraction of sp³-hybridized carbons (Fsp3) is 0.400. The van der Waals surface area contributed by atoms with E-state index in [1.165, 1.54) is 7.11 Å². The van der Waals surface area contributed by atoms with Crippen LogP contribution in [0.3, 0.4) is 0 Å². The molecule has 0 amide bonds. The van der Waals surface area contributed by atoms with Crippen LogP contribution >= 0.6 is 34.8 Å². The molecule has 0 radical (unpaired) electrons. The highest BCUT2D eigenvalue weighted by Gasteiger charge is 2.24. The van der Waals surface area contributed by atoms with Gasteiger partial charge >= 0.3 is 0 Å². The molecule has 0 unspecified atom stereocenters. The summed E-state index contributed by atoms with van der Waals surface area (Å²) in [5.74, 6) is 0.459. The highest BCUT2D eigenvalue weighted by molar-refractivity contribution is 6.38. The lowest BCUT2D eigenvalue weighted by Crippen LogP contribution is -2.27. The lowest BCUT2D eigenvalue weighted by Gasteiger charge is -2.17. The van der Waals surface area contributed by atoms with Gasteiger partial charge in [0.1, 0.15) is 10.9 Å². The van der Waals surface area contributed by atoms with E-state index in [9.17, 15) is 4.79 Å². The summed E-state index contributed by atoms with van der Waals surface area (Å²) in [6.45, 7) is 1.40. The standard InChI is InChI=1S/C14H13Cl3N2O2.CH4/c1-21-11-6-8(9(15)7-10(11)16)12-13(17)18-4-2-3-5-19(18)14(12)20;/h6-7H,2-5H2,1H3;1H4. The molecule has 0 bridgehead atoms. The minimum Gasteiger partial charge on any atom is -0.495 e. The maximum absolute atomic E-state index is 12.6. The second-order valence-corrected chi connectivity index (χ2v) is 6.06. The van der Waals surface area contributed by atoms with Gasteiger partial charge < -0.3 is 4.74 Å². The number of halogens is 3. The smallest absolute Gasteiger partial charge is 0.276 e. The van der Waals surface area contributed by atoms with Gasteiger partial charge in [0.2, 0.25) is 0 Å². The molecule has 1 aliphatic rings. The molecule has 0 fully saturated rings. The fourth-order valence-electron chi connectivity index (χ4n) is 2.63. The fourth-order valence-corrected chi connectivity index (χ4v) is 3.54. The van der Waals surface area contributed by atoms with Gasteiger partial charge in [0, 0.05) is 18.7 Å². The Bertz CT molecular complexity index is 765. The van der Waals surface area contributed by atoms with E-state index in [0.717, 1.165) is 19.4 Å². The third kappa shape index (κ3) is 2.64. The zero-order chi connectivity index (χ0) is 15.1. The Balaban J connectivity index is 0.00000176. The number of rotatable bonds is 2. The predicted molar refractivity (Wildman–Crippen MR) is 91.7 cm³/mol. The highest BCUT2D eigenvalue weighted by Crippen LogP contribution is 2.38. The molecule has 3 rings (SSSR count). The molecule has 4 nitrogen and oxygen atoms in total. The van der Waals surface area contributed by atoms with Crippen LogP contribution in [0.1, 0.15) is 20.3 Å². The van der Waals surface area contributed by atoms with E-state index >= 15 is 0 Å². The lowest BCUT2D eigenvalue weighted by molar-refractivity contribution is 0.356. The Kier molecular flexibility index (Phi) is 5.15. The van der Waals surface area contributed by atoms with Crippen LogP contribution in [0.25, 0.3) is 11.1 Å². The van der Waals surface area contributed by atoms with Crippen molar-refractivity contribution < 1.29 is 4.74 Å². The minimum atomic E-state index is -0.133. The second-order valence-electron chi connectivity index (χ2n) is 4.89. The van der Waals surface area contributed by atoms with E-state index in [2.05, 4.69) is 0 Å². The molecule has 1 aromatic carbocycles. The van der Waals surface area contributed by atoms with Crippen molar-refractivity contribution in [3.05, 3.63) is 37.7 Å². The van der Waals surface area contributed by atoms with Crippen molar-refractivity contribution in [2.75, 3.05) is 7.11 Å². The monoisotopic (exact) mass is 362 g/mol. The second kappa shape index (κ2) is 6.57. The van der Waals surface area contributed by atoms with Gasteiger partial charge in [0.15, 0.2) is 0 Å². The molecule has 0 spiro atoms. The largest absolute Gasteiger partial charge is 0.495 e. The first-order valence-corrected chi connectivity index (χ1v) is 7.70. The average molecular weight is 364 g/mol. The van der Waals surface area contributed by atoms with Crippen molar-refractivity contribution in [3.8, 4) is 16.9 Å². The number of ether oxygens (including phenoxy) is 1. The first kappa shape index (κ1) is 17.3. The van der Waals surface area contributed by atoms with Crippen molar-refractivity contribution >= 4 is 34.8 Å². The van der Waals surface area contributed by atoms with Crippen LogP contribution in [0, 0.1) is 0 Å². The van der Waals surface area contributed by atoms with Crippen LogP contribution in [0.5, 0.6) is 5.75 Å². The molecule has 0 saturated carbocycles. The topological polar surface area (TPSA) is 36.2 Å². The minimum absolute atomic E-state index is 0. The van der Waals surface area contributed by atoms with Gasteiger partial charge in [0.05, 0.1) is 22.7 Å². The zero-order valence-electron chi connectivity index (χ0n) is 11.3. The van der Waals surface area contributed by atoms with Gasteiger partial charge in [-0.15, -0.1) is 0 Å². The maximum Gasteiger partial charge on any atom is 0.276 e. The summed E-state index contributed by atoms with van der Waals surface area (Å²) in [6, 6.07) is 3.22. The van der Waals surface area contributed by atoms with Gasteiger partial charge in [-0.3, -0.25) is 9.48 Å². The van der Waals surface area contributed by atoms with E-state index in [1.54, 1.807) is 21.5 Å². The lowest BCUT2D eigenvalue weighted by atomic mass is 10.1. The van der Waals surface area contributed by atoms with Crippen LogP contribution in [-0.4, -0.2) is 16.5 Å². The molecule has 2 heterocycles. The Morgan fingerprint density at radius 3 is 2.27 bits per heavy atom. The number of benzene rings is 1. The van der Waals surface area contributed by atoms with Crippen molar-refractivity contribution in [2.45, 2.75) is 33.4 Å². The van der Waals surface area contributed by atoms with Gasteiger partial charge in [-0.2, -0.15) is 0 Å². The van der Waals surface area contributed by atoms with Gasteiger partial charge in [-0.1, -0.05) is 42.2 Å². The molecule has 1 aromatic heterocycles. The van der Waals surface area contributed by atoms with Crippen molar-refractivity contribution in [1.82, 2.24) is 9.36 Å². The molecule has 0 atom stereocenters. The summed E-state index contributed by atoms with van der Waals surface area (Å²) in [5, 5.41) is 1.18. The Morgan fingerprint density at radius 1 is 1.05 bits per heavy atom. The van der Waals surface area contributed by atoms with Gasteiger partial charge in [-0.05, 0) is 25.0 Å². The van der Waals surface area contributed by atoms with Crippen LogP contribution in [0.2, 0.25) is 15.2 Å². The van der Waals surface area contributed by atoms with Crippen LogP contribution in [0.4, 0.5) is 0 Å². The number of aromatic nitrogens is 2. The van der Waals surface area contributed by atoms with Crippen molar-refractivity contribution in [2.24, 2.45) is 0 Å². The highest BCUT2D eigenvalue weighted by atomic mass is 35.5. The van der Waals surface area contributed by atoms with Gasteiger partial charge in [0.25, 0.3) is 5.56 Å². The maximum atomic E-state index is 12.6. The first-order chi connectivity index (χ1) is 10.0.